The van der Waals surface area contributed by atoms with Crippen molar-refractivity contribution in [2.45, 2.75) is 6.92 Å². The van der Waals surface area contributed by atoms with E-state index >= 15 is 0 Å². The van der Waals surface area contributed by atoms with E-state index in [2.05, 4.69) is 107 Å². The van der Waals surface area contributed by atoms with Gasteiger partial charge in [0, 0.05) is 28.2 Å². The van der Waals surface area contributed by atoms with Crippen LogP contribution >= 0.6 is 0 Å². The van der Waals surface area contributed by atoms with E-state index in [-0.39, 0.29) is 0 Å². The SMILES string of the molecule is Cc1ccc(N(c2ccc(-c3ccccc3)cc2)c2ccc(-c3nc(-c4ccccc4)no3)cc2)cc1. The Morgan fingerprint density at radius 1 is 0.486 bits per heavy atom. The van der Waals surface area contributed by atoms with Crippen LogP contribution in [0.25, 0.3) is 34.0 Å². The molecular weight excluding hydrogens is 454 g/mol. The average Bonchev–Trinajstić information content (AvgIpc) is 3.47. The molecule has 0 N–H and O–H groups in total. The summed E-state index contributed by atoms with van der Waals surface area (Å²) in [5.41, 5.74) is 8.64. The molecule has 6 rings (SSSR count). The fraction of sp³-hybridized carbons (Fsp3) is 0.0303. The van der Waals surface area contributed by atoms with Crippen LogP contribution in [-0.2, 0) is 0 Å². The number of benzene rings is 5. The third kappa shape index (κ3) is 4.78. The zero-order chi connectivity index (χ0) is 25.0. The van der Waals surface area contributed by atoms with Gasteiger partial charge < -0.3 is 9.42 Å². The topological polar surface area (TPSA) is 42.2 Å². The lowest BCUT2D eigenvalue weighted by Gasteiger charge is -2.26. The molecule has 4 nitrogen and oxygen atoms in total. The Bertz CT molecular complexity index is 1590. The molecule has 0 saturated carbocycles. The molecule has 0 spiro atoms. The van der Waals surface area contributed by atoms with Crippen LogP contribution in [0.1, 0.15) is 5.56 Å². The van der Waals surface area contributed by atoms with Crippen molar-refractivity contribution in [1.82, 2.24) is 10.1 Å². The van der Waals surface area contributed by atoms with Gasteiger partial charge in [-0.1, -0.05) is 95.6 Å². The van der Waals surface area contributed by atoms with Crippen LogP contribution < -0.4 is 4.90 Å². The Labute approximate surface area is 216 Å². The van der Waals surface area contributed by atoms with Gasteiger partial charge >= 0.3 is 0 Å². The largest absolute Gasteiger partial charge is 0.334 e. The fourth-order valence-electron chi connectivity index (χ4n) is 4.37. The summed E-state index contributed by atoms with van der Waals surface area (Å²) in [4.78, 5) is 6.85. The minimum Gasteiger partial charge on any atom is -0.334 e. The lowest BCUT2D eigenvalue weighted by molar-refractivity contribution is 0.432. The van der Waals surface area contributed by atoms with Crippen molar-refractivity contribution >= 4 is 17.1 Å². The van der Waals surface area contributed by atoms with E-state index in [0.717, 1.165) is 28.2 Å². The first-order valence-electron chi connectivity index (χ1n) is 12.3. The predicted octanol–water partition coefficient (Wildman–Crippen LogP) is 8.85. The number of aryl methyl sites for hydroxylation is 1. The summed E-state index contributed by atoms with van der Waals surface area (Å²) >= 11 is 0. The maximum absolute atomic E-state index is 5.57. The zero-order valence-corrected chi connectivity index (χ0v) is 20.5. The van der Waals surface area contributed by atoms with Crippen LogP contribution in [-0.4, -0.2) is 10.1 Å². The number of hydrogen-bond acceptors (Lipinski definition) is 4. The van der Waals surface area contributed by atoms with Crippen LogP contribution in [0.15, 0.2) is 138 Å². The summed E-state index contributed by atoms with van der Waals surface area (Å²) in [5.74, 6) is 1.08. The number of nitrogens with zero attached hydrogens (tertiary/aromatic N) is 3. The molecule has 0 aliphatic carbocycles. The van der Waals surface area contributed by atoms with Crippen molar-refractivity contribution in [3.05, 3.63) is 139 Å². The van der Waals surface area contributed by atoms with Crippen LogP contribution in [0.3, 0.4) is 0 Å². The van der Waals surface area contributed by atoms with Gasteiger partial charge in [0.1, 0.15) is 0 Å². The first kappa shape index (κ1) is 22.5. The van der Waals surface area contributed by atoms with Crippen LogP contribution in [0.5, 0.6) is 0 Å². The Balaban J connectivity index is 1.33. The van der Waals surface area contributed by atoms with Crippen molar-refractivity contribution in [3.8, 4) is 34.0 Å². The molecule has 0 bridgehead atoms. The lowest BCUT2D eigenvalue weighted by atomic mass is 10.0. The minimum absolute atomic E-state index is 0.500. The molecule has 1 heterocycles. The standard InChI is InChI=1S/C33H25N3O/c1-24-12-18-29(19-13-24)36(30-20-14-26(15-21-30)25-8-4-2-5-9-25)31-22-16-28(17-23-31)33-34-32(35-37-33)27-10-6-3-7-11-27/h2-23H,1H3. The average molecular weight is 480 g/mol. The summed E-state index contributed by atoms with van der Waals surface area (Å²) in [5, 5.41) is 4.16. The molecule has 0 aliphatic rings. The second-order valence-corrected chi connectivity index (χ2v) is 8.92. The van der Waals surface area contributed by atoms with Gasteiger partial charge in [-0.25, -0.2) is 0 Å². The molecule has 0 radical (unpaired) electrons. The van der Waals surface area contributed by atoms with Crippen molar-refractivity contribution in [2.75, 3.05) is 4.90 Å². The van der Waals surface area contributed by atoms with E-state index in [1.165, 1.54) is 16.7 Å². The summed E-state index contributed by atoms with van der Waals surface area (Å²) in [6.07, 6.45) is 0. The third-order valence-corrected chi connectivity index (χ3v) is 6.36. The maximum atomic E-state index is 5.57. The Hall–Kier alpha value is -4.96. The van der Waals surface area contributed by atoms with E-state index in [1.54, 1.807) is 0 Å². The first-order valence-corrected chi connectivity index (χ1v) is 12.3. The van der Waals surface area contributed by atoms with Gasteiger partial charge in [0.25, 0.3) is 5.89 Å². The molecular formula is C33H25N3O. The molecule has 0 amide bonds. The summed E-state index contributed by atoms with van der Waals surface area (Å²) in [6.45, 7) is 2.10. The predicted molar refractivity (Wildman–Crippen MR) is 150 cm³/mol. The highest BCUT2D eigenvalue weighted by molar-refractivity contribution is 5.79. The van der Waals surface area contributed by atoms with Crippen LogP contribution in [0, 0.1) is 6.92 Å². The number of anilines is 3. The summed E-state index contributed by atoms with van der Waals surface area (Å²) < 4.78 is 5.57. The number of hydrogen-bond donors (Lipinski definition) is 0. The lowest BCUT2D eigenvalue weighted by Crippen LogP contribution is -2.09. The van der Waals surface area contributed by atoms with Gasteiger partial charge in [-0.15, -0.1) is 0 Å². The van der Waals surface area contributed by atoms with E-state index in [9.17, 15) is 0 Å². The van der Waals surface area contributed by atoms with E-state index in [4.69, 9.17) is 4.52 Å². The molecule has 0 saturated heterocycles. The normalized spacial score (nSPS) is 10.8. The molecule has 1 aromatic heterocycles. The first-order chi connectivity index (χ1) is 18.2. The van der Waals surface area contributed by atoms with Gasteiger partial charge in [0.15, 0.2) is 0 Å². The molecule has 5 aromatic carbocycles. The smallest absolute Gasteiger partial charge is 0.258 e. The van der Waals surface area contributed by atoms with Crippen LogP contribution in [0.4, 0.5) is 17.1 Å². The third-order valence-electron chi connectivity index (χ3n) is 6.36. The van der Waals surface area contributed by atoms with E-state index in [0.29, 0.717) is 11.7 Å². The molecule has 178 valence electrons. The Kier molecular flexibility index (Phi) is 6.05. The second-order valence-electron chi connectivity index (χ2n) is 8.92. The van der Waals surface area contributed by atoms with Crippen molar-refractivity contribution in [1.29, 1.82) is 0 Å². The molecule has 37 heavy (non-hydrogen) atoms. The van der Waals surface area contributed by atoms with Crippen molar-refractivity contribution in [2.24, 2.45) is 0 Å². The highest BCUT2D eigenvalue weighted by atomic mass is 16.5. The van der Waals surface area contributed by atoms with Gasteiger partial charge in [-0.2, -0.15) is 4.98 Å². The molecule has 4 heteroatoms. The fourth-order valence-corrected chi connectivity index (χ4v) is 4.37. The quantitative estimate of drug-likeness (QED) is 0.239. The molecule has 0 atom stereocenters. The number of rotatable bonds is 6. The minimum atomic E-state index is 0.500. The highest BCUT2D eigenvalue weighted by Crippen LogP contribution is 2.36. The van der Waals surface area contributed by atoms with Crippen LogP contribution in [0.2, 0.25) is 0 Å². The molecule has 0 unspecified atom stereocenters. The highest BCUT2D eigenvalue weighted by Gasteiger charge is 2.15. The number of aromatic nitrogens is 2. The van der Waals surface area contributed by atoms with E-state index < -0.39 is 0 Å². The maximum Gasteiger partial charge on any atom is 0.258 e. The molecule has 0 fully saturated rings. The van der Waals surface area contributed by atoms with Gasteiger partial charge in [0.2, 0.25) is 5.82 Å². The Morgan fingerprint density at radius 3 is 1.51 bits per heavy atom. The molecule has 6 aromatic rings. The second kappa shape index (κ2) is 9.96. The Morgan fingerprint density at radius 2 is 0.946 bits per heavy atom. The monoisotopic (exact) mass is 479 g/mol. The molecule has 0 aliphatic heterocycles. The van der Waals surface area contributed by atoms with Crippen molar-refractivity contribution in [3.63, 3.8) is 0 Å². The van der Waals surface area contributed by atoms with Gasteiger partial charge in [0.05, 0.1) is 0 Å². The van der Waals surface area contributed by atoms with E-state index in [1.807, 2.05) is 48.5 Å². The van der Waals surface area contributed by atoms with Crippen molar-refractivity contribution < 1.29 is 4.52 Å². The summed E-state index contributed by atoms with van der Waals surface area (Å²) in [6, 6.07) is 45.8. The summed E-state index contributed by atoms with van der Waals surface area (Å²) in [7, 11) is 0. The van der Waals surface area contributed by atoms with Gasteiger partial charge in [-0.3, -0.25) is 0 Å². The van der Waals surface area contributed by atoms with Gasteiger partial charge in [-0.05, 0) is 66.6 Å². The zero-order valence-electron chi connectivity index (χ0n) is 20.5.